The van der Waals surface area contributed by atoms with E-state index >= 15 is 0 Å². The first-order valence-electron chi connectivity index (χ1n) is 9.01. The summed E-state index contributed by atoms with van der Waals surface area (Å²) in [6, 6.07) is 11.2. The summed E-state index contributed by atoms with van der Waals surface area (Å²) in [5, 5.41) is 12.0. The van der Waals surface area contributed by atoms with Crippen LogP contribution in [0, 0.1) is 6.92 Å². The third-order valence-corrected chi connectivity index (χ3v) is 6.66. The van der Waals surface area contributed by atoms with Crippen LogP contribution >= 0.6 is 0 Å². The van der Waals surface area contributed by atoms with E-state index in [9.17, 15) is 8.42 Å². The molecule has 146 valence electrons. The third-order valence-electron chi connectivity index (χ3n) is 4.78. The van der Waals surface area contributed by atoms with E-state index in [1.165, 1.54) is 16.1 Å². The summed E-state index contributed by atoms with van der Waals surface area (Å²) in [6.45, 7) is 4.65. The highest BCUT2D eigenvalue weighted by Crippen LogP contribution is 2.18. The molecule has 0 bridgehead atoms. The zero-order valence-electron chi connectivity index (χ0n) is 15.5. The van der Waals surface area contributed by atoms with Crippen molar-refractivity contribution < 1.29 is 8.42 Å². The minimum atomic E-state index is -3.50. The third kappa shape index (κ3) is 3.79. The number of pyridine rings is 1. The Morgan fingerprint density at radius 1 is 1.04 bits per heavy atom. The Hall–Kier alpha value is -2.69. The van der Waals surface area contributed by atoms with Gasteiger partial charge in [0.2, 0.25) is 10.0 Å². The molecule has 10 heteroatoms. The molecule has 1 aliphatic rings. The summed E-state index contributed by atoms with van der Waals surface area (Å²) >= 11 is 0. The highest BCUT2D eigenvalue weighted by Gasteiger charge is 2.29. The summed E-state index contributed by atoms with van der Waals surface area (Å²) < 4.78 is 28.6. The highest BCUT2D eigenvalue weighted by molar-refractivity contribution is 7.89. The zero-order chi connectivity index (χ0) is 19.6. The fourth-order valence-corrected chi connectivity index (χ4v) is 4.55. The minimum Gasteiger partial charge on any atom is -0.293 e. The van der Waals surface area contributed by atoms with Crippen LogP contribution in [-0.2, 0) is 16.6 Å². The molecule has 0 unspecified atom stereocenters. The smallest absolute Gasteiger partial charge is 0.244 e. The van der Waals surface area contributed by atoms with Gasteiger partial charge in [0.05, 0.1) is 12.2 Å². The molecule has 0 aliphatic carbocycles. The van der Waals surface area contributed by atoms with E-state index in [1.54, 1.807) is 23.0 Å². The summed E-state index contributed by atoms with van der Waals surface area (Å²) in [4.78, 5) is 6.30. The van der Waals surface area contributed by atoms with Crippen LogP contribution < -0.4 is 0 Å². The molecule has 3 heterocycles. The predicted octanol–water partition coefficient (Wildman–Crippen LogP) is 0.872. The quantitative estimate of drug-likeness (QED) is 0.628. The number of piperazine rings is 1. The van der Waals surface area contributed by atoms with Gasteiger partial charge in [-0.2, -0.15) is 8.99 Å². The average molecular weight is 399 g/mol. The van der Waals surface area contributed by atoms with Gasteiger partial charge in [0.1, 0.15) is 4.90 Å². The molecule has 0 saturated carbocycles. The van der Waals surface area contributed by atoms with Crippen molar-refractivity contribution >= 4 is 10.0 Å². The Morgan fingerprint density at radius 2 is 1.79 bits per heavy atom. The molecular formula is C18H21N7O2S. The first-order chi connectivity index (χ1) is 13.5. The molecule has 0 amide bonds. The molecule has 1 aromatic carbocycles. The van der Waals surface area contributed by atoms with E-state index in [2.05, 4.69) is 25.4 Å². The lowest BCUT2D eigenvalue weighted by atomic mass is 10.2. The van der Waals surface area contributed by atoms with Crippen LogP contribution in [0.3, 0.4) is 0 Å². The van der Waals surface area contributed by atoms with Crippen LogP contribution in [-0.4, -0.2) is 69.0 Å². The van der Waals surface area contributed by atoms with E-state index in [1.807, 2.05) is 31.2 Å². The molecule has 1 saturated heterocycles. The standard InChI is InChI=1S/C18H21N7O2S/c1-15-4-6-16(7-5-15)25-18(20-21-22-25)14-23-9-11-24(12-10-23)28(26,27)17-3-2-8-19-13-17/h2-8,13H,9-12,14H2,1H3. The van der Waals surface area contributed by atoms with Gasteiger partial charge in [-0.05, 0) is 41.6 Å². The number of sulfonamides is 1. The maximum atomic E-state index is 12.7. The number of rotatable bonds is 5. The summed E-state index contributed by atoms with van der Waals surface area (Å²) in [6.07, 6.45) is 2.95. The maximum absolute atomic E-state index is 12.7. The number of aryl methyl sites for hydroxylation is 1. The molecule has 0 N–H and O–H groups in total. The average Bonchev–Trinajstić information content (AvgIpc) is 3.18. The maximum Gasteiger partial charge on any atom is 0.244 e. The largest absolute Gasteiger partial charge is 0.293 e. The number of hydrogen-bond acceptors (Lipinski definition) is 7. The molecule has 9 nitrogen and oxygen atoms in total. The lowest BCUT2D eigenvalue weighted by Gasteiger charge is -2.33. The molecule has 0 spiro atoms. The van der Waals surface area contributed by atoms with Gasteiger partial charge in [0, 0.05) is 38.6 Å². The molecule has 4 rings (SSSR count). The first-order valence-corrected chi connectivity index (χ1v) is 10.4. The Kier molecular flexibility index (Phi) is 5.16. The van der Waals surface area contributed by atoms with Crippen molar-refractivity contribution in [3.63, 3.8) is 0 Å². The number of hydrogen-bond donors (Lipinski definition) is 0. The molecular weight excluding hydrogens is 378 g/mol. The van der Waals surface area contributed by atoms with Gasteiger partial charge in [-0.1, -0.05) is 17.7 Å². The number of aromatic nitrogens is 5. The van der Waals surface area contributed by atoms with E-state index in [4.69, 9.17) is 0 Å². The van der Waals surface area contributed by atoms with Gasteiger partial charge in [-0.15, -0.1) is 5.10 Å². The molecule has 3 aromatic rings. The Morgan fingerprint density at radius 3 is 2.46 bits per heavy atom. The van der Waals surface area contributed by atoms with Gasteiger partial charge >= 0.3 is 0 Å². The topological polar surface area (TPSA) is 97.1 Å². The molecule has 0 atom stereocenters. The van der Waals surface area contributed by atoms with Crippen molar-refractivity contribution in [1.82, 2.24) is 34.4 Å². The van der Waals surface area contributed by atoms with E-state index in [0.717, 1.165) is 11.5 Å². The van der Waals surface area contributed by atoms with Crippen LogP contribution in [0.4, 0.5) is 0 Å². The molecule has 1 fully saturated rings. The monoisotopic (exact) mass is 399 g/mol. The van der Waals surface area contributed by atoms with Crippen LogP contribution in [0.25, 0.3) is 5.69 Å². The first kappa shape index (κ1) is 18.7. The van der Waals surface area contributed by atoms with Crippen molar-refractivity contribution in [2.45, 2.75) is 18.4 Å². The molecule has 2 aromatic heterocycles. The number of benzene rings is 1. The fourth-order valence-electron chi connectivity index (χ4n) is 3.17. The minimum absolute atomic E-state index is 0.228. The van der Waals surface area contributed by atoms with Crippen molar-refractivity contribution in [3.8, 4) is 5.69 Å². The predicted molar refractivity (Wildman–Crippen MR) is 102 cm³/mol. The van der Waals surface area contributed by atoms with Gasteiger partial charge < -0.3 is 0 Å². The number of nitrogens with zero attached hydrogens (tertiary/aromatic N) is 7. The lowest BCUT2D eigenvalue weighted by Crippen LogP contribution is -2.48. The SMILES string of the molecule is Cc1ccc(-n2nnnc2CN2CCN(S(=O)(=O)c3cccnc3)CC2)cc1. The van der Waals surface area contributed by atoms with Gasteiger partial charge in [-0.25, -0.2) is 8.42 Å². The van der Waals surface area contributed by atoms with Crippen LogP contribution in [0.1, 0.15) is 11.4 Å². The second-order valence-electron chi connectivity index (χ2n) is 6.71. The Labute approximate surface area is 163 Å². The fraction of sp³-hybridized carbons (Fsp3) is 0.333. The van der Waals surface area contributed by atoms with Gasteiger partial charge in [-0.3, -0.25) is 9.88 Å². The number of tetrazole rings is 1. The molecule has 28 heavy (non-hydrogen) atoms. The lowest BCUT2D eigenvalue weighted by molar-refractivity contribution is 0.177. The Bertz CT molecular complexity index is 1030. The van der Waals surface area contributed by atoms with Crippen molar-refractivity contribution in [1.29, 1.82) is 0 Å². The van der Waals surface area contributed by atoms with E-state index in [-0.39, 0.29) is 4.90 Å². The van der Waals surface area contributed by atoms with Crippen molar-refractivity contribution in [2.75, 3.05) is 26.2 Å². The normalized spacial score (nSPS) is 16.3. The van der Waals surface area contributed by atoms with Gasteiger partial charge in [0.25, 0.3) is 0 Å². The van der Waals surface area contributed by atoms with Crippen LogP contribution in [0.15, 0.2) is 53.7 Å². The summed E-state index contributed by atoms with van der Waals surface area (Å²) in [7, 11) is -3.50. The Balaban J connectivity index is 1.42. The van der Waals surface area contributed by atoms with Crippen LogP contribution in [0.5, 0.6) is 0 Å². The van der Waals surface area contributed by atoms with E-state index in [0.29, 0.717) is 32.7 Å². The molecule has 0 radical (unpaired) electrons. The zero-order valence-corrected chi connectivity index (χ0v) is 16.3. The van der Waals surface area contributed by atoms with Crippen LogP contribution in [0.2, 0.25) is 0 Å². The van der Waals surface area contributed by atoms with E-state index < -0.39 is 10.0 Å². The second-order valence-corrected chi connectivity index (χ2v) is 8.65. The summed E-state index contributed by atoms with van der Waals surface area (Å²) in [5.74, 6) is 0.729. The van der Waals surface area contributed by atoms with Crippen molar-refractivity contribution in [2.24, 2.45) is 0 Å². The summed E-state index contributed by atoms with van der Waals surface area (Å²) in [5.41, 5.74) is 2.08. The second kappa shape index (κ2) is 7.74. The van der Waals surface area contributed by atoms with Crippen molar-refractivity contribution in [3.05, 3.63) is 60.2 Å². The van der Waals surface area contributed by atoms with Gasteiger partial charge in [0.15, 0.2) is 5.82 Å². The molecule has 1 aliphatic heterocycles. The highest BCUT2D eigenvalue weighted by atomic mass is 32.2.